The molecule has 1 aromatic carbocycles. The van der Waals surface area contributed by atoms with Crippen LogP contribution in [0.15, 0.2) is 30.9 Å². The van der Waals surface area contributed by atoms with Crippen LogP contribution in [-0.4, -0.2) is 21.4 Å². The molecule has 2 nitrogen and oxygen atoms in total. The molecule has 0 spiro atoms. The predicted molar refractivity (Wildman–Crippen MR) is 82.4 cm³/mol. The molecule has 0 saturated heterocycles. The number of carbonyl (C=O) groups excluding carboxylic acids is 1. The van der Waals surface area contributed by atoms with Crippen LogP contribution >= 0.6 is 0 Å². The molecule has 0 fully saturated rings. The highest BCUT2D eigenvalue weighted by atomic mass is 28.3. The highest BCUT2D eigenvalue weighted by molar-refractivity contribution is 6.71. The van der Waals surface area contributed by atoms with Crippen molar-refractivity contribution < 1.29 is 9.53 Å². The molecule has 1 radical (unpaired) electrons. The minimum Gasteiger partial charge on any atom is -0.466 e. The molecule has 3 heteroatoms. The Kier molecular flexibility index (Phi) is 6.57. The van der Waals surface area contributed by atoms with Gasteiger partial charge in [0.1, 0.15) is 0 Å². The molecule has 0 aliphatic carbocycles. The summed E-state index contributed by atoms with van der Waals surface area (Å²) in [7, 11) is -0.528. The maximum absolute atomic E-state index is 11.4. The summed E-state index contributed by atoms with van der Waals surface area (Å²) in [5, 5.41) is 1.42. The van der Waals surface area contributed by atoms with Crippen molar-refractivity contribution >= 4 is 20.0 Å². The molecule has 0 bridgehead atoms. The van der Waals surface area contributed by atoms with E-state index in [2.05, 4.69) is 37.9 Å². The number of rotatable bonds is 7. The fourth-order valence-corrected chi connectivity index (χ4v) is 3.40. The Morgan fingerprint density at radius 3 is 2.74 bits per heavy atom. The first-order chi connectivity index (χ1) is 9.08. The molecule has 0 aromatic heterocycles. The van der Waals surface area contributed by atoms with E-state index in [0.29, 0.717) is 13.0 Å². The second-order valence-corrected chi connectivity index (χ2v) is 7.33. The van der Waals surface area contributed by atoms with Crippen molar-refractivity contribution in [1.82, 2.24) is 0 Å². The number of hydrogen-bond donors (Lipinski definition) is 0. The van der Waals surface area contributed by atoms with Crippen molar-refractivity contribution in [3.05, 3.63) is 42.0 Å². The smallest absolute Gasteiger partial charge is 0.306 e. The third kappa shape index (κ3) is 5.03. The maximum Gasteiger partial charge on any atom is 0.306 e. The van der Waals surface area contributed by atoms with E-state index in [-0.39, 0.29) is 5.97 Å². The predicted octanol–water partition coefficient (Wildman–Crippen LogP) is 2.87. The molecule has 19 heavy (non-hydrogen) atoms. The van der Waals surface area contributed by atoms with Gasteiger partial charge in [-0.15, -0.1) is 6.58 Å². The van der Waals surface area contributed by atoms with Crippen molar-refractivity contribution in [2.24, 2.45) is 0 Å². The van der Waals surface area contributed by atoms with E-state index in [1.165, 1.54) is 16.3 Å². The standard InChI is InChI=1S/C16H23O2Si/c1-5-7-13-8-9-14(15(12-13)19(3)4)10-11-16(17)18-6-2/h5,8-9,12H,1,6-7,10-11H2,2-4H3. The molecule has 0 atom stereocenters. The fraction of sp³-hybridized carbons (Fsp3) is 0.438. The van der Waals surface area contributed by atoms with Gasteiger partial charge < -0.3 is 4.74 Å². The number of ether oxygens (including phenoxy) is 1. The Morgan fingerprint density at radius 1 is 1.42 bits per heavy atom. The summed E-state index contributed by atoms with van der Waals surface area (Å²) in [6.07, 6.45) is 4.07. The van der Waals surface area contributed by atoms with Crippen molar-refractivity contribution in [2.75, 3.05) is 6.61 Å². The van der Waals surface area contributed by atoms with Crippen LogP contribution in [0.1, 0.15) is 24.5 Å². The van der Waals surface area contributed by atoms with Gasteiger partial charge in [0.15, 0.2) is 0 Å². The number of carbonyl (C=O) groups is 1. The zero-order chi connectivity index (χ0) is 14.3. The van der Waals surface area contributed by atoms with Crippen LogP contribution in [0.2, 0.25) is 13.1 Å². The zero-order valence-corrected chi connectivity index (χ0v) is 13.2. The number of benzene rings is 1. The molecule has 1 aromatic rings. The summed E-state index contributed by atoms with van der Waals surface area (Å²) >= 11 is 0. The molecule has 1 rings (SSSR count). The lowest BCUT2D eigenvalue weighted by Crippen LogP contribution is -2.27. The first kappa shape index (κ1) is 15.7. The molecule has 0 aliphatic rings. The second kappa shape index (κ2) is 7.95. The zero-order valence-electron chi connectivity index (χ0n) is 12.2. The van der Waals surface area contributed by atoms with Gasteiger partial charge in [-0.25, -0.2) is 0 Å². The maximum atomic E-state index is 11.4. The van der Waals surface area contributed by atoms with Crippen LogP contribution in [0.5, 0.6) is 0 Å². The van der Waals surface area contributed by atoms with Crippen molar-refractivity contribution in [1.29, 1.82) is 0 Å². The van der Waals surface area contributed by atoms with Crippen LogP contribution in [0.3, 0.4) is 0 Å². The van der Waals surface area contributed by atoms with Gasteiger partial charge in [0, 0.05) is 6.42 Å². The number of allylic oxidation sites excluding steroid dienone is 1. The lowest BCUT2D eigenvalue weighted by atomic mass is 10.1. The third-order valence-corrected chi connectivity index (χ3v) is 4.54. The molecular weight excluding hydrogens is 252 g/mol. The van der Waals surface area contributed by atoms with Crippen molar-refractivity contribution in [3.63, 3.8) is 0 Å². The lowest BCUT2D eigenvalue weighted by Gasteiger charge is -2.13. The Hall–Kier alpha value is -1.35. The van der Waals surface area contributed by atoms with Gasteiger partial charge in [-0.3, -0.25) is 4.79 Å². The van der Waals surface area contributed by atoms with E-state index in [4.69, 9.17) is 4.74 Å². The highest BCUT2D eigenvalue weighted by Gasteiger charge is 2.11. The molecule has 0 heterocycles. The number of hydrogen-bond acceptors (Lipinski definition) is 2. The molecule has 0 aliphatic heterocycles. The van der Waals surface area contributed by atoms with E-state index in [1.807, 2.05) is 13.0 Å². The molecule has 103 valence electrons. The first-order valence-corrected chi connectivity index (χ1v) is 9.27. The Balaban J connectivity index is 2.81. The van der Waals surface area contributed by atoms with Crippen LogP contribution in [-0.2, 0) is 22.4 Å². The van der Waals surface area contributed by atoms with E-state index in [1.54, 1.807) is 0 Å². The molecule has 0 unspecified atom stereocenters. The Morgan fingerprint density at radius 2 is 2.16 bits per heavy atom. The summed E-state index contributed by atoms with van der Waals surface area (Å²) in [6.45, 7) is 10.6. The SMILES string of the molecule is C=CCc1ccc(CCC(=O)OCC)c([Si](C)C)c1. The van der Waals surface area contributed by atoms with E-state index in [9.17, 15) is 4.79 Å². The highest BCUT2D eigenvalue weighted by Crippen LogP contribution is 2.08. The van der Waals surface area contributed by atoms with Gasteiger partial charge in [-0.1, -0.05) is 42.6 Å². The van der Waals surface area contributed by atoms with Gasteiger partial charge in [-0.05, 0) is 30.9 Å². The number of esters is 1. The van der Waals surface area contributed by atoms with Gasteiger partial charge in [0.2, 0.25) is 0 Å². The molecule has 0 saturated carbocycles. The average molecular weight is 275 g/mol. The molecule has 0 amide bonds. The molecular formula is C16H23O2Si. The monoisotopic (exact) mass is 275 g/mol. The van der Waals surface area contributed by atoms with Crippen molar-refractivity contribution in [3.8, 4) is 0 Å². The van der Waals surface area contributed by atoms with E-state index >= 15 is 0 Å². The fourth-order valence-electron chi connectivity index (χ4n) is 2.07. The molecule has 0 N–H and O–H groups in total. The van der Waals surface area contributed by atoms with Crippen LogP contribution in [0, 0.1) is 0 Å². The van der Waals surface area contributed by atoms with Crippen LogP contribution in [0.25, 0.3) is 0 Å². The van der Waals surface area contributed by atoms with E-state index in [0.717, 1.165) is 12.8 Å². The topological polar surface area (TPSA) is 26.3 Å². The summed E-state index contributed by atoms with van der Waals surface area (Å²) < 4.78 is 4.98. The van der Waals surface area contributed by atoms with Gasteiger partial charge in [0.05, 0.1) is 15.4 Å². The summed E-state index contributed by atoms with van der Waals surface area (Å²) in [6, 6.07) is 6.57. The average Bonchev–Trinajstić information content (AvgIpc) is 2.37. The van der Waals surface area contributed by atoms with Gasteiger partial charge in [-0.2, -0.15) is 0 Å². The van der Waals surface area contributed by atoms with Crippen LogP contribution in [0.4, 0.5) is 0 Å². The lowest BCUT2D eigenvalue weighted by molar-refractivity contribution is -0.143. The third-order valence-electron chi connectivity index (χ3n) is 3.00. The van der Waals surface area contributed by atoms with E-state index < -0.39 is 8.80 Å². The Labute approximate surface area is 118 Å². The summed E-state index contributed by atoms with van der Waals surface area (Å²) in [4.78, 5) is 11.4. The minimum atomic E-state index is -0.528. The van der Waals surface area contributed by atoms with Crippen molar-refractivity contribution in [2.45, 2.75) is 39.3 Å². The van der Waals surface area contributed by atoms with Gasteiger partial charge >= 0.3 is 5.97 Å². The Bertz CT molecular complexity index is 438. The largest absolute Gasteiger partial charge is 0.466 e. The minimum absolute atomic E-state index is 0.107. The quantitative estimate of drug-likeness (QED) is 0.434. The van der Waals surface area contributed by atoms with Crippen LogP contribution < -0.4 is 5.19 Å². The summed E-state index contributed by atoms with van der Waals surface area (Å²) in [5.41, 5.74) is 2.59. The first-order valence-electron chi connectivity index (χ1n) is 6.77. The normalized spacial score (nSPS) is 10.5. The summed E-state index contributed by atoms with van der Waals surface area (Å²) in [5.74, 6) is -0.107. The second-order valence-electron chi connectivity index (χ2n) is 4.79. The number of aryl methyl sites for hydroxylation is 1. The van der Waals surface area contributed by atoms with Gasteiger partial charge in [0.25, 0.3) is 0 Å².